The monoisotopic (exact) mass is 416 g/mol. The normalized spacial score (nSPS) is 18.5. The molecular formula is C26H28N2O3. The average Bonchev–Trinajstić information content (AvgIpc) is 3.33. The summed E-state index contributed by atoms with van der Waals surface area (Å²) in [5, 5.41) is 3.16. The van der Waals surface area contributed by atoms with Crippen LogP contribution in [0.3, 0.4) is 0 Å². The minimum absolute atomic E-state index is 0.0332. The van der Waals surface area contributed by atoms with Crippen LogP contribution in [0.5, 0.6) is 5.75 Å². The second kappa shape index (κ2) is 7.80. The predicted octanol–water partition coefficient (Wildman–Crippen LogP) is 4.70. The third-order valence-electron chi connectivity index (χ3n) is 6.77. The van der Waals surface area contributed by atoms with Gasteiger partial charge < -0.3 is 19.4 Å². The number of fused-ring (bicyclic) bond motifs is 1. The number of carbonyl (C=O) groups excluding carboxylic acids is 1. The van der Waals surface area contributed by atoms with Crippen molar-refractivity contribution < 1.29 is 13.9 Å². The summed E-state index contributed by atoms with van der Waals surface area (Å²) >= 11 is 0. The van der Waals surface area contributed by atoms with E-state index in [1.54, 1.807) is 19.4 Å². The molecule has 3 aromatic rings. The van der Waals surface area contributed by atoms with Crippen LogP contribution in [-0.4, -0.2) is 25.6 Å². The van der Waals surface area contributed by atoms with E-state index in [1.165, 1.54) is 16.8 Å². The van der Waals surface area contributed by atoms with Crippen molar-refractivity contribution in [3.63, 3.8) is 0 Å². The SMILES string of the molecule is COc1ccccc1C1(CNC(=O)c2ccoc2CN2c3ccccc3CC2C)CC1. The summed E-state index contributed by atoms with van der Waals surface area (Å²) < 4.78 is 11.3. The highest BCUT2D eigenvalue weighted by atomic mass is 16.5. The molecule has 1 saturated carbocycles. The van der Waals surface area contributed by atoms with E-state index < -0.39 is 0 Å². The van der Waals surface area contributed by atoms with Crippen LogP contribution < -0.4 is 15.0 Å². The number of amides is 1. The number of nitrogens with zero attached hydrogens (tertiary/aromatic N) is 1. The van der Waals surface area contributed by atoms with E-state index in [0.717, 1.165) is 25.0 Å². The number of carbonyl (C=O) groups is 1. The summed E-state index contributed by atoms with van der Waals surface area (Å²) in [7, 11) is 1.70. The number of rotatable bonds is 7. The summed E-state index contributed by atoms with van der Waals surface area (Å²) in [5.74, 6) is 1.52. The molecule has 160 valence electrons. The van der Waals surface area contributed by atoms with Crippen LogP contribution in [0.2, 0.25) is 0 Å². The van der Waals surface area contributed by atoms with Crippen LogP contribution in [-0.2, 0) is 18.4 Å². The zero-order valence-corrected chi connectivity index (χ0v) is 18.1. The molecule has 5 heteroatoms. The van der Waals surface area contributed by atoms with E-state index in [1.807, 2.05) is 18.2 Å². The Labute approximate surface area is 183 Å². The third kappa shape index (κ3) is 3.58. The fourth-order valence-corrected chi connectivity index (χ4v) is 4.81. The van der Waals surface area contributed by atoms with Gasteiger partial charge in [0.1, 0.15) is 11.5 Å². The second-order valence-corrected chi connectivity index (χ2v) is 8.73. The predicted molar refractivity (Wildman–Crippen MR) is 121 cm³/mol. The van der Waals surface area contributed by atoms with E-state index >= 15 is 0 Å². The molecule has 1 unspecified atom stereocenters. The standard InChI is InChI=1S/C26H28N2O3/c1-18-15-19-7-3-5-9-22(19)28(18)16-24-20(11-14-31-24)25(29)27-17-26(12-13-26)21-8-4-6-10-23(21)30-2/h3-11,14,18H,12-13,15-17H2,1-2H3,(H,27,29). The van der Waals surface area contributed by atoms with Crippen molar-refractivity contribution in [1.29, 1.82) is 0 Å². The Morgan fingerprint density at radius 2 is 1.94 bits per heavy atom. The number of furan rings is 1. The van der Waals surface area contributed by atoms with Crippen molar-refractivity contribution in [3.05, 3.63) is 83.3 Å². The van der Waals surface area contributed by atoms with Gasteiger partial charge in [0.15, 0.2) is 0 Å². The lowest BCUT2D eigenvalue weighted by Crippen LogP contribution is -2.34. The van der Waals surface area contributed by atoms with Gasteiger partial charge in [-0.15, -0.1) is 0 Å². The van der Waals surface area contributed by atoms with Crippen molar-refractivity contribution in [3.8, 4) is 5.75 Å². The van der Waals surface area contributed by atoms with Gasteiger partial charge in [0.2, 0.25) is 0 Å². The topological polar surface area (TPSA) is 54.7 Å². The molecule has 5 rings (SSSR count). The van der Waals surface area contributed by atoms with Gasteiger partial charge in [-0.3, -0.25) is 4.79 Å². The van der Waals surface area contributed by atoms with Crippen molar-refractivity contribution in [2.75, 3.05) is 18.6 Å². The molecule has 1 aliphatic carbocycles. The van der Waals surface area contributed by atoms with Crippen LogP contribution in [0.4, 0.5) is 5.69 Å². The maximum Gasteiger partial charge on any atom is 0.254 e. The van der Waals surface area contributed by atoms with Gasteiger partial charge >= 0.3 is 0 Å². The first-order chi connectivity index (χ1) is 15.1. The Morgan fingerprint density at radius 1 is 1.16 bits per heavy atom. The fraction of sp³-hybridized carbons (Fsp3) is 0.346. The molecule has 2 aliphatic rings. The number of nitrogens with one attached hydrogen (secondary N) is 1. The number of hydrogen-bond acceptors (Lipinski definition) is 4. The highest BCUT2D eigenvalue weighted by molar-refractivity contribution is 5.95. The molecule has 1 atom stereocenters. The first kappa shape index (κ1) is 19.7. The van der Waals surface area contributed by atoms with Gasteiger partial charge in [-0.1, -0.05) is 36.4 Å². The molecule has 1 aromatic heterocycles. The minimum atomic E-state index is -0.0786. The lowest BCUT2D eigenvalue weighted by molar-refractivity contribution is 0.0947. The molecule has 1 amide bonds. The van der Waals surface area contributed by atoms with E-state index in [0.29, 0.717) is 30.5 Å². The van der Waals surface area contributed by atoms with Gasteiger partial charge in [-0.05, 0) is 49.9 Å². The molecule has 0 bridgehead atoms. The average molecular weight is 417 g/mol. The molecule has 2 aromatic carbocycles. The third-order valence-corrected chi connectivity index (χ3v) is 6.77. The highest BCUT2D eigenvalue weighted by Gasteiger charge is 2.46. The summed E-state index contributed by atoms with van der Waals surface area (Å²) in [5.41, 5.74) is 4.33. The number of para-hydroxylation sites is 2. The number of benzene rings is 2. The molecular weight excluding hydrogens is 388 g/mol. The molecule has 0 spiro atoms. The van der Waals surface area contributed by atoms with Gasteiger partial charge in [0, 0.05) is 29.3 Å². The molecule has 1 N–H and O–H groups in total. The summed E-state index contributed by atoms with van der Waals surface area (Å²) in [6, 6.07) is 18.7. The van der Waals surface area contributed by atoms with Crippen molar-refractivity contribution in [2.24, 2.45) is 0 Å². The van der Waals surface area contributed by atoms with Crippen LogP contribution in [0.15, 0.2) is 65.3 Å². The Kier molecular flexibility index (Phi) is 4.97. The highest BCUT2D eigenvalue weighted by Crippen LogP contribution is 2.50. The zero-order valence-electron chi connectivity index (χ0n) is 18.1. The molecule has 1 fully saturated rings. The van der Waals surface area contributed by atoms with Crippen molar-refractivity contribution >= 4 is 11.6 Å². The second-order valence-electron chi connectivity index (χ2n) is 8.73. The number of hydrogen-bond donors (Lipinski definition) is 1. The van der Waals surface area contributed by atoms with Crippen LogP contribution >= 0.6 is 0 Å². The Bertz CT molecular complexity index is 1100. The molecule has 2 heterocycles. The lowest BCUT2D eigenvalue weighted by Gasteiger charge is -2.24. The van der Waals surface area contributed by atoms with Crippen LogP contribution in [0.1, 0.15) is 47.0 Å². The van der Waals surface area contributed by atoms with Crippen molar-refractivity contribution in [2.45, 2.75) is 44.2 Å². The molecule has 5 nitrogen and oxygen atoms in total. The smallest absolute Gasteiger partial charge is 0.254 e. The molecule has 0 radical (unpaired) electrons. The van der Waals surface area contributed by atoms with Gasteiger partial charge in [0.05, 0.1) is 25.5 Å². The largest absolute Gasteiger partial charge is 0.496 e. The maximum absolute atomic E-state index is 13.1. The summed E-state index contributed by atoms with van der Waals surface area (Å²) in [6.07, 6.45) is 4.73. The van der Waals surface area contributed by atoms with Gasteiger partial charge in [-0.2, -0.15) is 0 Å². The number of ether oxygens (including phenoxy) is 1. The molecule has 1 aliphatic heterocycles. The summed E-state index contributed by atoms with van der Waals surface area (Å²) in [4.78, 5) is 15.4. The Morgan fingerprint density at radius 3 is 2.74 bits per heavy atom. The zero-order chi connectivity index (χ0) is 21.4. The summed E-state index contributed by atoms with van der Waals surface area (Å²) in [6.45, 7) is 3.40. The van der Waals surface area contributed by atoms with Crippen LogP contribution in [0.25, 0.3) is 0 Å². The Hall–Kier alpha value is -3.21. The van der Waals surface area contributed by atoms with E-state index in [-0.39, 0.29) is 11.3 Å². The van der Waals surface area contributed by atoms with Gasteiger partial charge in [0.25, 0.3) is 5.91 Å². The lowest BCUT2D eigenvalue weighted by atomic mass is 9.94. The molecule has 31 heavy (non-hydrogen) atoms. The maximum atomic E-state index is 13.1. The first-order valence-electron chi connectivity index (χ1n) is 10.9. The van der Waals surface area contributed by atoms with E-state index in [4.69, 9.17) is 9.15 Å². The van der Waals surface area contributed by atoms with E-state index in [2.05, 4.69) is 47.5 Å². The van der Waals surface area contributed by atoms with Crippen molar-refractivity contribution in [1.82, 2.24) is 5.32 Å². The number of methoxy groups -OCH3 is 1. The quantitative estimate of drug-likeness (QED) is 0.607. The fourth-order valence-electron chi connectivity index (χ4n) is 4.81. The molecule has 0 saturated heterocycles. The minimum Gasteiger partial charge on any atom is -0.496 e. The Balaban J connectivity index is 1.30. The number of anilines is 1. The van der Waals surface area contributed by atoms with Gasteiger partial charge in [-0.25, -0.2) is 0 Å². The van der Waals surface area contributed by atoms with Crippen LogP contribution in [0, 0.1) is 0 Å². The first-order valence-corrected chi connectivity index (χ1v) is 10.9. The van der Waals surface area contributed by atoms with E-state index in [9.17, 15) is 4.79 Å².